The molecule has 0 spiro atoms. The van der Waals surface area contributed by atoms with Crippen molar-refractivity contribution in [1.82, 2.24) is 4.98 Å². The summed E-state index contributed by atoms with van der Waals surface area (Å²) < 4.78 is 0. The van der Waals surface area contributed by atoms with E-state index in [9.17, 15) is 0 Å². The molecule has 0 saturated carbocycles. The van der Waals surface area contributed by atoms with Crippen molar-refractivity contribution in [3.63, 3.8) is 0 Å². The van der Waals surface area contributed by atoms with Crippen molar-refractivity contribution in [3.8, 4) is 0 Å². The second kappa shape index (κ2) is 3.64. The lowest BCUT2D eigenvalue weighted by atomic mass is 9.76. The van der Waals surface area contributed by atoms with Crippen LogP contribution < -0.4 is 0 Å². The number of fused-ring (bicyclic) bond motifs is 1. The Bertz CT molecular complexity index is 411. The Morgan fingerprint density at radius 3 is 2.60 bits per heavy atom. The first-order chi connectivity index (χ1) is 6.91. The van der Waals surface area contributed by atoms with Crippen LogP contribution in [0.2, 0.25) is 10.2 Å². The molecule has 1 aliphatic carbocycles. The maximum absolute atomic E-state index is 6.29. The summed E-state index contributed by atoms with van der Waals surface area (Å²) in [6.45, 7) is 6.45. The van der Waals surface area contributed by atoms with E-state index in [0.29, 0.717) is 10.6 Å². The van der Waals surface area contributed by atoms with Crippen LogP contribution in [0.1, 0.15) is 37.1 Å². The van der Waals surface area contributed by atoms with Crippen LogP contribution in [0.25, 0.3) is 0 Å². The van der Waals surface area contributed by atoms with E-state index < -0.39 is 0 Å². The molecule has 1 aliphatic rings. The smallest absolute Gasteiger partial charge is 0.133 e. The van der Waals surface area contributed by atoms with E-state index in [2.05, 4.69) is 18.8 Å². The van der Waals surface area contributed by atoms with Crippen LogP contribution in [0.5, 0.6) is 0 Å². The molecule has 0 saturated heterocycles. The molecule has 0 N–H and O–H groups in total. The van der Waals surface area contributed by atoms with Gasteiger partial charge < -0.3 is 0 Å². The maximum Gasteiger partial charge on any atom is 0.133 e. The first-order valence-electron chi connectivity index (χ1n) is 5.24. The van der Waals surface area contributed by atoms with Gasteiger partial charge in [0.1, 0.15) is 5.15 Å². The van der Waals surface area contributed by atoms with E-state index in [4.69, 9.17) is 23.2 Å². The average molecular weight is 244 g/mol. The third-order valence-corrected chi connectivity index (χ3v) is 4.06. The number of halogens is 2. The van der Waals surface area contributed by atoms with Crippen molar-refractivity contribution in [1.29, 1.82) is 0 Å². The minimum absolute atomic E-state index is 0.321. The quantitative estimate of drug-likeness (QED) is 0.623. The molecule has 1 heterocycles. The maximum atomic E-state index is 6.29. The summed E-state index contributed by atoms with van der Waals surface area (Å²) in [5.74, 6) is 0. The van der Waals surface area contributed by atoms with Gasteiger partial charge in [-0.05, 0) is 37.2 Å². The van der Waals surface area contributed by atoms with Crippen molar-refractivity contribution in [2.45, 2.75) is 40.0 Å². The first-order valence-corrected chi connectivity index (χ1v) is 6.00. The molecule has 0 amide bonds. The molecular weight excluding hydrogens is 229 g/mol. The van der Waals surface area contributed by atoms with E-state index in [1.165, 1.54) is 12.0 Å². The largest absolute Gasteiger partial charge is 0.240 e. The van der Waals surface area contributed by atoms with Gasteiger partial charge in [-0.25, -0.2) is 4.98 Å². The second-order valence-corrected chi connectivity index (χ2v) is 5.84. The summed E-state index contributed by atoms with van der Waals surface area (Å²) in [5.41, 5.74) is 3.53. The fourth-order valence-corrected chi connectivity index (χ4v) is 2.66. The lowest BCUT2D eigenvalue weighted by Crippen LogP contribution is -2.23. The van der Waals surface area contributed by atoms with Crippen molar-refractivity contribution in [2.24, 2.45) is 5.41 Å². The van der Waals surface area contributed by atoms with Gasteiger partial charge in [0.25, 0.3) is 0 Å². The summed E-state index contributed by atoms with van der Waals surface area (Å²) in [6, 6.07) is 0. The number of nitrogens with zero attached hydrogens (tertiary/aromatic N) is 1. The Kier molecular flexibility index (Phi) is 2.72. The Hall–Kier alpha value is -0.270. The van der Waals surface area contributed by atoms with Crippen LogP contribution in [0.4, 0.5) is 0 Å². The fourth-order valence-electron chi connectivity index (χ4n) is 2.12. The second-order valence-electron chi connectivity index (χ2n) is 5.11. The Balaban J connectivity index is 2.54. The average Bonchev–Trinajstić information content (AvgIpc) is 2.12. The van der Waals surface area contributed by atoms with Crippen LogP contribution in [-0.2, 0) is 12.8 Å². The Labute approximate surface area is 101 Å². The lowest BCUT2D eigenvalue weighted by Gasteiger charge is -2.31. The molecule has 1 nitrogen and oxygen atoms in total. The molecule has 0 radical (unpaired) electrons. The molecule has 15 heavy (non-hydrogen) atoms. The highest BCUT2D eigenvalue weighted by Crippen LogP contribution is 2.39. The summed E-state index contributed by atoms with van der Waals surface area (Å²) >= 11 is 12.3. The molecule has 3 heteroatoms. The van der Waals surface area contributed by atoms with Gasteiger partial charge >= 0.3 is 0 Å². The standard InChI is InChI=1S/C12H15Cl2N/c1-7-10(13)8-4-5-12(2,3)6-9(8)15-11(7)14/h4-6H2,1-3H3. The number of aromatic nitrogens is 1. The van der Waals surface area contributed by atoms with Gasteiger partial charge in [-0.15, -0.1) is 0 Å². The fraction of sp³-hybridized carbons (Fsp3) is 0.583. The van der Waals surface area contributed by atoms with Crippen molar-refractivity contribution in [2.75, 3.05) is 0 Å². The molecule has 0 unspecified atom stereocenters. The van der Waals surface area contributed by atoms with E-state index in [1.54, 1.807) is 0 Å². The number of rotatable bonds is 0. The van der Waals surface area contributed by atoms with E-state index in [0.717, 1.165) is 29.1 Å². The van der Waals surface area contributed by atoms with Crippen LogP contribution in [0.15, 0.2) is 0 Å². The molecule has 0 fully saturated rings. The van der Waals surface area contributed by atoms with E-state index >= 15 is 0 Å². The van der Waals surface area contributed by atoms with Gasteiger partial charge in [0.2, 0.25) is 0 Å². The predicted molar refractivity (Wildman–Crippen MR) is 64.8 cm³/mol. The first kappa shape index (κ1) is 11.2. The highest BCUT2D eigenvalue weighted by atomic mass is 35.5. The van der Waals surface area contributed by atoms with Gasteiger partial charge in [-0.1, -0.05) is 37.0 Å². The highest BCUT2D eigenvalue weighted by Gasteiger charge is 2.28. The van der Waals surface area contributed by atoms with Gasteiger partial charge in [0, 0.05) is 11.3 Å². The normalized spacial score (nSPS) is 18.7. The van der Waals surface area contributed by atoms with Gasteiger partial charge in [-0.3, -0.25) is 0 Å². The zero-order valence-corrected chi connectivity index (χ0v) is 10.8. The molecule has 1 aromatic heterocycles. The zero-order valence-electron chi connectivity index (χ0n) is 9.32. The monoisotopic (exact) mass is 243 g/mol. The number of hydrogen-bond donors (Lipinski definition) is 0. The molecule has 0 bridgehead atoms. The van der Waals surface area contributed by atoms with Crippen LogP contribution in [0, 0.1) is 12.3 Å². The van der Waals surface area contributed by atoms with Crippen molar-refractivity contribution < 1.29 is 0 Å². The van der Waals surface area contributed by atoms with Gasteiger partial charge in [0.15, 0.2) is 0 Å². The van der Waals surface area contributed by atoms with Crippen LogP contribution in [0.3, 0.4) is 0 Å². The van der Waals surface area contributed by atoms with Crippen LogP contribution in [-0.4, -0.2) is 4.98 Å². The molecule has 1 aromatic rings. The summed E-state index contributed by atoms with van der Waals surface area (Å²) in [7, 11) is 0. The zero-order chi connectivity index (χ0) is 11.2. The molecule has 82 valence electrons. The number of hydrogen-bond acceptors (Lipinski definition) is 1. The summed E-state index contributed by atoms with van der Waals surface area (Å²) in [6.07, 6.45) is 3.16. The molecule has 0 atom stereocenters. The molecule has 0 aromatic carbocycles. The summed E-state index contributed by atoms with van der Waals surface area (Å²) in [4.78, 5) is 4.45. The lowest BCUT2D eigenvalue weighted by molar-refractivity contribution is 0.310. The molecule has 0 aliphatic heterocycles. The van der Waals surface area contributed by atoms with Crippen LogP contribution >= 0.6 is 23.2 Å². The minimum Gasteiger partial charge on any atom is -0.240 e. The third-order valence-electron chi connectivity index (χ3n) is 3.18. The number of pyridine rings is 1. The Morgan fingerprint density at radius 1 is 1.27 bits per heavy atom. The Morgan fingerprint density at radius 2 is 1.93 bits per heavy atom. The van der Waals surface area contributed by atoms with Gasteiger partial charge in [0.05, 0.1) is 5.02 Å². The third kappa shape index (κ3) is 2.00. The molecule has 2 rings (SSSR count). The topological polar surface area (TPSA) is 12.9 Å². The molecular formula is C12H15Cl2N. The minimum atomic E-state index is 0.321. The predicted octanol–water partition coefficient (Wildman–Crippen LogP) is 4.21. The van der Waals surface area contributed by atoms with E-state index in [1.807, 2.05) is 6.92 Å². The van der Waals surface area contributed by atoms with E-state index in [-0.39, 0.29) is 0 Å². The highest BCUT2D eigenvalue weighted by molar-refractivity contribution is 6.35. The SMILES string of the molecule is Cc1c(Cl)nc2c(c1Cl)CCC(C)(C)C2. The van der Waals surface area contributed by atoms with Crippen molar-refractivity contribution in [3.05, 3.63) is 27.0 Å². The van der Waals surface area contributed by atoms with Crippen molar-refractivity contribution >= 4 is 23.2 Å². The van der Waals surface area contributed by atoms with Gasteiger partial charge in [-0.2, -0.15) is 0 Å². The summed E-state index contributed by atoms with van der Waals surface area (Å²) in [5, 5.41) is 1.37.